The molecule has 2 aliphatic heterocycles. The number of morpholine rings is 1. The van der Waals surface area contributed by atoms with Crippen molar-refractivity contribution in [2.24, 2.45) is 0 Å². The van der Waals surface area contributed by atoms with Crippen LogP contribution in [0.3, 0.4) is 0 Å². The molecule has 2 heterocycles. The number of phenolic OH excluding ortho intramolecular Hbond substituents is 1. The van der Waals surface area contributed by atoms with Crippen molar-refractivity contribution in [3.63, 3.8) is 0 Å². The fraction of sp³-hybridized carbons (Fsp3) is 0.538. The van der Waals surface area contributed by atoms with Gasteiger partial charge in [0.1, 0.15) is 5.75 Å². The number of hydrogen-bond donors (Lipinski definition) is 1. The average Bonchev–Trinajstić information content (AvgIpc) is 2.63. The van der Waals surface area contributed by atoms with Crippen LogP contribution in [-0.2, 0) is 11.3 Å². The lowest BCUT2D eigenvalue weighted by molar-refractivity contribution is -0.0412. The molecule has 3 rings (SSSR count). The van der Waals surface area contributed by atoms with Crippen LogP contribution in [0, 0.1) is 0 Å². The summed E-state index contributed by atoms with van der Waals surface area (Å²) in [7, 11) is 0. The third kappa shape index (κ3) is 2.41. The van der Waals surface area contributed by atoms with Crippen molar-refractivity contribution in [3.8, 4) is 5.75 Å². The predicted molar refractivity (Wildman–Crippen MR) is 66.3 cm³/mol. The van der Waals surface area contributed by atoms with Crippen LogP contribution in [0.15, 0.2) is 18.2 Å². The van der Waals surface area contributed by atoms with Gasteiger partial charge in [-0.15, -0.1) is 0 Å². The van der Waals surface area contributed by atoms with Crippen LogP contribution in [0.5, 0.6) is 5.75 Å². The van der Waals surface area contributed by atoms with Crippen molar-refractivity contribution < 1.29 is 9.84 Å². The van der Waals surface area contributed by atoms with Gasteiger partial charge < -0.3 is 9.84 Å². The molecule has 2 aliphatic rings. The smallest absolute Gasteiger partial charge is 0.120 e. The van der Waals surface area contributed by atoms with Gasteiger partial charge in [0, 0.05) is 30.2 Å². The van der Waals surface area contributed by atoms with Gasteiger partial charge in [-0.1, -0.05) is 11.6 Å². The highest BCUT2D eigenvalue weighted by Gasteiger charge is 2.33. The van der Waals surface area contributed by atoms with Crippen LogP contribution < -0.4 is 0 Å². The topological polar surface area (TPSA) is 32.7 Å². The van der Waals surface area contributed by atoms with E-state index in [0.29, 0.717) is 23.0 Å². The molecular formula is C13H16ClNO2. The summed E-state index contributed by atoms with van der Waals surface area (Å²) in [5.41, 5.74) is 0.902. The molecule has 3 nitrogen and oxygen atoms in total. The fourth-order valence-electron chi connectivity index (χ4n) is 2.75. The highest BCUT2D eigenvalue weighted by Crippen LogP contribution is 2.29. The van der Waals surface area contributed by atoms with Crippen LogP contribution >= 0.6 is 11.6 Å². The molecule has 2 saturated heterocycles. The zero-order chi connectivity index (χ0) is 11.8. The van der Waals surface area contributed by atoms with E-state index in [1.54, 1.807) is 12.1 Å². The molecule has 4 heteroatoms. The van der Waals surface area contributed by atoms with E-state index in [9.17, 15) is 5.11 Å². The highest BCUT2D eigenvalue weighted by molar-refractivity contribution is 6.30. The standard InChI is InChI=1S/C13H16ClNO2/c14-10-1-4-13(16)9(5-10)6-15-7-11-2-3-12(8-15)17-11/h1,4-5,11-12,16H,2-3,6-8H2. The molecule has 1 N–H and O–H groups in total. The minimum absolute atomic E-state index is 0.327. The number of nitrogens with zero attached hydrogens (tertiary/aromatic N) is 1. The summed E-state index contributed by atoms with van der Waals surface area (Å²) in [4.78, 5) is 2.34. The quantitative estimate of drug-likeness (QED) is 0.879. The van der Waals surface area contributed by atoms with Crippen molar-refractivity contribution in [1.29, 1.82) is 0 Å². The van der Waals surface area contributed by atoms with Gasteiger partial charge >= 0.3 is 0 Å². The molecule has 17 heavy (non-hydrogen) atoms. The molecule has 0 saturated carbocycles. The minimum atomic E-state index is 0.327. The van der Waals surface area contributed by atoms with E-state index in [1.807, 2.05) is 6.07 Å². The second-order valence-electron chi connectivity index (χ2n) is 4.92. The molecule has 0 aromatic heterocycles. The van der Waals surface area contributed by atoms with Crippen LogP contribution in [-0.4, -0.2) is 35.3 Å². The first-order valence-corrected chi connectivity index (χ1v) is 6.44. The van der Waals surface area contributed by atoms with Gasteiger partial charge in [-0.05, 0) is 31.0 Å². The zero-order valence-electron chi connectivity index (χ0n) is 9.60. The van der Waals surface area contributed by atoms with Crippen molar-refractivity contribution in [2.45, 2.75) is 31.6 Å². The van der Waals surface area contributed by atoms with E-state index in [2.05, 4.69) is 4.90 Å². The van der Waals surface area contributed by atoms with Crippen molar-refractivity contribution in [3.05, 3.63) is 28.8 Å². The number of phenols is 1. The molecule has 1 aromatic rings. The minimum Gasteiger partial charge on any atom is -0.508 e. The summed E-state index contributed by atoms with van der Waals surface area (Å²) in [5.74, 6) is 0.327. The Labute approximate surface area is 106 Å². The molecule has 2 fully saturated rings. The van der Waals surface area contributed by atoms with Crippen LogP contribution in [0.1, 0.15) is 18.4 Å². The molecule has 2 unspecified atom stereocenters. The van der Waals surface area contributed by atoms with E-state index >= 15 is 0 Å². The first-order chi connectivity index (χ1) is 8.20. The van der Waals surface area contributed by atoms with Gasteiger partial charge in [0.25, 0.3) is 0 Å². The third-order valence-corrected chi connectivity index (χ3v) is 3.79. The first kappa shape index (κ1) is 11.3. The van der Waals surface area contributed by atoms with Gasteiger partial charge in [-0.2, -0.15) is 0 Å². The van der Waals surface area contributed by atoms with Crippen LogP contribution in [0.25, 0.3) is 0 Å². The van der Waals surface area contributed by atoms with Gasteiger partial charge in [-0.3, -0.25) is 4.90 Å². The van der Waals surface area contributed by atoms with E-state index in [-0.39, 0.29) is 0 Å². The summed E-state index contributed by atoms with van der Waals surface area (Å²) < 4.78 is 5.79. The summed E-state index contributed by atoms with van der Waals surface area (Å²) >= 11 is 5.95. The molecule has 0 spiro atoms. The predicted octanol–water partition coefficient (Wildman–Crippen LogP) is 2.41. The number of ether oxygens (including phenoxy) is 1. The largest absolute Gasteiger partial charge is 0.508 e. The average molecular weight is 254 g/mol. The van der Waals surface area contributed by atoms with E-state index in [0.717, 1.165) is 25.2 Å². The molecule has 92 valence electrons. The Bertz CT molecular complexity index is 412. The Hall–Kier alpha value is -0.770. The SMILES string of the molecule is Oc1ccc(Cl)cc1CN1CC2CCC(C1)O2. The lowest BCUT2D eigenvalue weighted by Gasteiger charge is -2.32. The maximum absolute atomic E-state index is 9.80. The third-order valence-electron chi connectivity index (χ3n) is 3.55. The number of likely N-dealkylation sites (tertiary alicyclic amines) is 1. The molecular weight excluding hydrogens is 238 g/mol. The normalized spacial score (nSPS) is 28.5. The molecule has 0 amide bonds. The Morgan fingerprint density at radius 1 is 1.29 bits per heavy atom. The Balaban J connectivity index is 1.72. The zero-order valence-corrected chi connectivity index (χ0v) is 10.4. The maximum atomic E-state index is 9.80. The van der Waals surface area contributed by atoms with Crippen LogP contribution in [0.2, 0.25) is 5.02 Å². The molecule has 0 aliphatic carbocycles. The van der Waals surface area contributed by atoms with E-state index < -0.39 is 0 Å². The number of halogens is 1. The number of rotatable bonds is 2. The maximum Gasteiger partial charge on any atom is 0.120 e. The summed E-state index contributed by atoms with van der Waals surface area (Å²) in [6.45, 7) is 2.67. The lowest BCUT2D eigenvalue weighted by Crippen LogP contribution is -2.41. The van der Waals surface area contributed by atoms with E-state index in [1.165, 1.54) is 12.8 Å². The fourth-order valence-corrected chi connectivity index (χ4v) is 2.94. The highest BCUT2D eigenvalue weighted by atomic mass is 35.5. The summed E-state index contributed by atoms with van der Waals surface area (Å²) in [5, 5.41) is 10.5. The summed E-state index contributed by atoms with van der Waals surface area (Å²) in [6, 6.07) is 5.21. The monoisotopic (exact) mass is 253 g/mol. The Morgan fingerprint density at radius 2 is 2.00 bits per heavy atom. The van der Waals surface area contributed by atoms with Gasteiger partial charge in [-0.25, -0.2) is 0 Å². The molecule has 0 radical (unpaired) electrons. The number of fused-ring (bicyclic) bond motifs is 2. The van der Waals surface area contributed by atoms with Gasteiger partial charge in [0.15, 0.2) is 0 Å². The Kier molecular flexibility index (Phi) is 2.99. The molecule has 1 aromatic carbocycles. The summed E-state index contributed by atoms with van der Waals surface area (Å²) in [6.07, 6.45) is 3.11. The van der Waals surface area contributed by atoms with Gasteiger partial charge in [0.05, 0.1) is 12.2 Å². The van der Waals surface area contributed by atoms with Gasteiger partial charge in [0.2, 0.25) is 0 Å². The molecule has 2 atom stereocenters. The number of benzene rings is 1. The van der Waals surface area contributed by atoms with E-state index in [4.69, 9.17) is 16.3 Å². The number of hydrogen-bond acceptors (Lipinski definition) is 3. The number of aromatic hydroxyl groups is 1. The second kappa shape index (κ2) is 4.48. The lowest BCUT2D eigenvalue weighted by atomic mass is 10.1. The second-order valence-corrected chi connectivity index (χ2v) is 5.36. The first-order valence-electron chi connectivity index (χ1n) is 6.06. The Morgan fingerprint density at radius 3 is 2.71 bits per heavy atom. The van der Waals surface area contributed by atoms with Crippen molar-refractivity contribution in [1.82, 2.24) is 4.90 Å². The molecule has 2 bridgehead atoms. The van der Waals surface area contributed by atoms with Crippen molar-refractivity contribution >= 4 is 11.6 Å². The van der Waals surface area contributed by atoms with Crippen molar-refractivity contribution in [2.75, 3.05) is 13.1 Å². The van der Waals surface area contributed by atoms with Crippen LogP contribution in [0.4, 0.5) is 0 Å².